The molecule has 1 atom stereocenters. The lowest BCUT2D eigenvalue weighted by Gasteiger charge is -2.37. The summed E-state index contributed by atoms with van der Waals surface area (Å²) in [6, 6.07) is 13.1. The van der Waals surface area contributed by atoms with Crippen molar-refractivity contribution in [2.24, 2.45) is 5.41 Å². The quantitative estimate of drug-likeness (QED) is 0.366. The van der Waals surface area contributed by atoms with Gasteiger partial charge in [0.25, 0.3) is 0 Å². The van der Waals surface area contributed by atoms with Gasteiger partial charge in [0.05, 0.1) is 31.1 Å². The fraction of sp³-hybridized carbons (Fsp3) is 0.484. The predicted molar refractivity (Wildman–Crippen MR) is 148 cm³/mol. The third kappa shape index (κ3) is 5.68. The van der Waals surface area contributed by atoms with Gasteiger partial charge in [0, 0.05) is 24.1 Å². The summed E-state index contributed by atoms with van der Waals surface area (Å²) >= 11 is 0. The Kier molecular flexibility index (Phi) is 8.25. The van der Waals surface area contributed by atoms with Crippen molar-refractivity contribution in [2.45, 2.75) is 78.7 Å². The first-order valence-corrected chi connectivity index (χ1v) is 13.5. The van der Waals surface area contributed by atoms with Crippen LogP contribution in [-0.4, -0.2) is 25.4 Å². The zero-order chi connectivity index (χ0) is 26.6. The zero-order valence-corrected chi connectivity index (χ0v) is 22.9. The lowest BCUT2D eigenvalue weighted by atomic mass is 9.73. The number of nitrogens with zero attached hydrogens (tertiary/aromatic N) is 1. The molecule has 1 amide bonds. The summed E-state index contributed by atoms with van der Waals surface area (Å²) in [7, 11) is 1.62. The molecule has 0 radical (unpaired) electrons. The average Bonchev–Trinajstić information content (AvgIpc) is 3.01. The molecule has 2 aromatic rings. The number of para-hydroxylation sites is 2. The van der Waals surface area contributed by atoms with E-state index in [9.17, 15) is 9.59 Å². The number of fused-ring (bicyclic) bond motifs is 1. The fourth-order valence-corrected chi connectivity index (χ4v) is 5.41. The molecule has 0 fully saturated rings. The standard InChI is InChI=1S/C31H40N2O4/c1-6-8-9-14-28(35)33-24-13-11-10-12-22(24)32-23-19-31(3,4)20-25(34)29(23)30(33)21-15-16-26(37-17-7-2)27(18-21)36-5/h10-13,15-16,18,30,32H,6-9,14,17,19-20H2,1-5H3. The number of ether oxygens (including phenoxy) is 2. The molecule has 2 aromatic carbocycles. The van der Waals surface area contributed by atoms with E-state index in [4.69, 9.17) is 9.47 Å². The van der Waals surface area contributed by atoms with Crippen molar-refractivity contribution in [2.75, 3.05) is 23.9 Å². The van der Waals surface area contributed by atoms with Crippen LogP contribution in [0.15, 0.2) is 53.7 Å². The Labute approximate surface area is 221 Å². The highest BCUT2D eigenvalue weighted by atomic mass is 16.5. The second kappa shape index (κ2) is 11.4. The number of anilines is 2. The van der Waals surface area contributed by atoms with Crippen LogP contribution in [0.4, 0.5) is 11.4 Å². The molecule has 0 saturated heterocycles. The van der Waals surface area contributed by atoms with Crippen molar-refractivity contribution < 1.29 is 19.1 Å². The largest absolute Gasteiger partial charge is 0.493 e. The van der Waals surface area contributed by atoms with Crippen molar-refractivity contribution in [3.8, 4) is 11.5 Å². The predicted octanol–water partition coefficient (Wildman–Crippen LogP) is 7.21. The number of Topliss-reactive ketones (excluding diaryl/α,β-unsaturated/α-hetero) is 1. The van der Waals surface area contributed by atoms with Crippen molar-refractivity contribution in [3.05, 3.63) is 59.3 Å². The number of unbranched alkanes of at least 4 members (excludes halogenated alkanes) is 2. The Hall–Kier alpha value is -3.28. The number of ketones is 1. The minimum Gasteiger partial charge on any atom is -0.493 e. The lowest BCUT2D eigenvalue weighted by Crippen LogP contribution is -2.39. The van der Waals surface area contributed by atoms with Crippen LogP contribution in [0.25, 0.3) is 0 Å². The van der Waals surface area contributed by atoms with Gasteiger partial charge < -0.3 is 14.8 Å². The molecule has 37 heavy (non-hydrogen) atoms. The number of carbonyl (C=O) groups is 2. The second-order valence-electron chi connectivity index (χ2n) is 10.9. The highest BCUT2D eigenvalue weighted by molar-refractivity contribution is 6.06. The highest BCUT2D eigenvalue weighted by Crippen LogP contribution is 2.49. The summed E-state index contributed by atoms with van der Waals surface area (Å²) in [4.78, 5) is 29.6. The average molecular weight is 505 g/mol. The van der Waals surface area contributed by atoms with E-state index in [0.29, 0.717) is 36.5 Å². The molecule has 1 aliphatic heterocycles. The van der Waals surface area contributed by atoms with Gasteiger partial charge in [0.2, 0.25) is 5.91 Å². The van der Waals surface area contributed by atoms with Crippen molar-refractivity contribution >= 4 is 23.1 Å². The molecular weight excluding hydrogens is 464 g/mol. The number of rotatable bonds is 9. The maximum atomic E-state index is 14.0. The highest BCUT2D eigenvalue weighted by Gasteiger charge is 2.43. The first-order valence-electron chi connectivity index (χ1n) is 13.5. The normalized spacial score (nSPS) is 18.5. The molecule has 4 rings (SSSR count). The van der Waals surface area contributed by atoms with Crippen LogP contribution in [0.2, 0.25) is 0 Å². The number of hydrogen-bond donors (Lipinski definition) is 1. The molecule has 6 heteroatoms. The van der Waals surface area contributed by atoms with Gasteiger partial charge in [-0.05, 0) is 54.5 Å². The topological polar surface area (TPSA) is 67.9 Å². The molecule has 0 spiro atoms. The van der Waals surface area contributed by atoms with Crippen LogP contribution in [0.5, 0.6) is 11.5 Å². The summed E-state index contributed by atoms with van der Waals surface area (Å²) in [5, 5.41) is 3.58. The van der Waals surface area contributed by atoms with Crippen LogP contribution < -0.4 is 19.7 Å². The fourth-order valence-electron chi connectivity index (χ4n) is 5.41. The molecule has 198 valence electrons. The number of methoxy groups -OCH3 is 1. The number of benzene rings is 2. The SMILES string of the molecule is CCCCCC(=O)N1c2ccccc2NC2=C(C(=O)CC(C)(C)C2)C1c1ccc(OCCC)c(OC)c1. The third-order valence-electron chi connectivity index (χ3n) is 7.13. The monoisotopic (exact) mass is 504 g/mol. The smallest absolute Gasteiger partial charge is 0.227 e. The molecule has 1 unspecified atom stereocenters. The summed E-state index contributed by atoms with van der Waals surface area (Å²) in [6.07, 6.45) is 5.32. The summed E-state index contributed by atoms with van der Waals surface area (Å²) in [6.45, 7) is 9.02. The van der Waals surface area contributed by atoms with Gasteiger partial charge in [-0.3, -0.25) is 14.5 Å². The number of carbonyl (C=O) groups excluding carboxylic acids is 2. The van der Waals surface area contributed by atoms with E-state index >= 15 is 0 Å². The van der Waals surface area contributed by atoms with E-state index in [0.717, 1.165) is 54.7 Å². The Balaban J connectivity index is 1.92. The van der Waals surface area contributed by atoms with Crippen LogP contribution in [-0.2, 0) is 9.59 Å². The van der Waals surface area contributed by atoms with E-state index in [-0.39, 0.29) is 17.1 Å². The number of allylic oxidation sites excluding steroid dienone is 1. The second-order valence-corrected chi connectivity index (χ2v) is 10.9. The summed E-state index contributed by atoms with van der Waals surface area (Å²) < 4.78 is 11.6. The maximum Gasteiger partial charge on any atom is 0.227 e. The first kappa shape index (κ1) is 26.8. The van der Waals surface area contributed by atoms with E-state index in [2.05, 4.69) is 33.0 Å². The van der Waals surface area contributed by atoms with Crippen LogP contribution >= 0.6 is 0 Å². The minimum atomic E-state index is -0.557. The van der Waals surface area contributed by atoms with Gasteiger partial charge in [-0.25, -0.2) is 0 Å². The molecule has 1 aliphatic carbocycles. The minimum absolute atomic E-state index is 0.0179. The van der Waals surface area contributed by atoms with Crippen LogP contribution in [0, 0.1) is 5.41 Å². The number of hydrogen-bond acceptors (Lipinski definition) is 5. The van der Waals surface area contributed by atoms with E-state index in [1.54, 1.807) is 7.11 Å². The molecule has 0 saturated carbocycles. The van der Waals surface area contributed by atoms with Gasteiger partial charge >= 0.3 is 0 Å². The number of nitrogens with one attached hydrogen (secondary N) is 1. The van der Waals surface area contributed by atoms with Crippen molar-refractivity contribution in [1.82, 2.24) is 0 Å². The summed E-state index contributed by atoms with van der Waals surface area (Å²) in [5.74, 6) is 1.35. The van der Waals surface area contributed by atoms with Gasteiger partial charge in [-0.15, -0.1) is 0 Å². The first-order chi connectivity index (χ1) is 17.8. The Morgan fingerprint density at radius 2 is 1.84 bits per heavy atom. The van der Waals surface area contributed by atoms with E-state index in [1.807, 2.05) is 47.4 Å². The molecule has 1 heterocycles. The molecule has 6 nitrogen and oxygen atoms in total. The molecule has 0 aromatic heterocycles. The van der Waals surface area contributed by atoms with Crippen molar-refractivity contribution in [3.63, 3.8) is 0 Å². The Bertz CT molecular complexity index is 1180. The van der Waals surface area contributed by atoms with E-state index in [1.165, 1.54) is 0 Å². The Morgan fingerprint density at radius 3 is 2.57 bits per heavy atom. The molecular formula is C31H40N2O4. The van der Waals surface area contributed by atoms with E-state index < -0.39 is 6.04 Å². The van der Waals surface area contributed by atoms with Crippen LogP contribution in [0.3, 0.4) is 0 Å². The van der Waals surface area contributed by atoms with Crippen LogP contribution in [0.1, 0.15) is 84.2 Å². The lowest BCUT2D eigenvalue weighted by molar-refractivity contribution is -0.119. The van der Waals surface area contributed by atoms with Crippen molar-refractivity contribution in [1.29, 1.82) is 0 Å². The van der Waals surface area contributed by atoms with Gasteiger partial charge in [-0.2, -0.15) is 0 Å². The summed E-state index contributed by atoms with van der Waals surface area (Å²) in [5.41, 5.74) is 3.87. The van der Waals surface area contributed by atoms with Gasteiger partial charge in [0.1, 0.15) is 0 Å². The van der Waals surface area contributed by atoms with Gasteiger partial charge in [-0.1, -0.05) is 58.7 Å². The third-order valence-corrected chi connectivity index (χ3v) is 7.13. The molecule has 0 bridgehead atoms. The molecule has 1 N–H and O–H groups in total. The molecule has 2 aliphatic rings. The number of amides is 1. The Morgan fingerprint density at radius 1 is 1.05 bits per heavy atom. The zero-order valence-electron chi connectivity index (χ0n) is 22.9. The maximum absolute atomic E-state index is 14.0. The van der Waals surface area contributed by atoms with Gasteiger partial charge in [0.15, 0.2) is 17.3 Å².